The number of hydrogen-bond acceptors (Lipinski definition) is 4. The van der Waals surface area contributed by atoms with Crippen LogP contribution < -0.4 is 0 Å². The molecule has 0 aliphatic rings. The van der Waals surface area contributed by atoms with E-state index in [1.165, 1.54) is 12.1 Å². The molecule has 9 heteroatoms. The zero-order valence-electron chi connectivity index (χ0n) is 37.4. The maximum Gasteiger partial charge on any atom is 0.416 e. The Hall–Kier alpha value is -9.44. The van der Waals surface area contributed by atoms with Gasteiger partial charge in [0.25, 0.3) is 0 Å². The standard InChI is InChI=1S/C61H37F3N6/c1-38-13-9-21-46(29-38)51-35-48(60-68-58(40-15-5-3-6-16-40)67-59(69-60)41-17-7-4-8-18-41)36-52(47-22-11-23-49(31-47)61(62,63)64)57(51)70-55-27-25-44(42-19-10-14-39(30-42)37-65)33-53(55)54-34-45(26-28-56(54)70)43-20-12-24-50(32-43)66-2/h3-36H,1H3. The van der Waals surface area contributed by atoms with Crippen molar-refractivity contribution in [3.05, 3.63) is 234 Å². The van der Waals surface area contributed by atoms with Crippen LogP contribution in [0.25, 0.3) is 111 Å². The van der Waals surface area contributed by atoms with Crippen molar-refractivity contribution in [3.63, 3.8) is 0 Å². The Morgan fingerprint density at radius 3 is 1.51 bits per heavy atom. The van der Waals surface area contributed by atoms with E-state index in [0.717, 1.165) is 77.9 Å². The van der Waals surface area contributed by atoms with E-state index in [0.29, 0.717) is 51.1 Å². The molecule has 332 valence electrons. The van der Waals surface area contributed by atoms with Crippen LogP contribution in [0.4, 0.5) is 18.9 Å². The highest BCUT2D eigenvalue weighted by Crippen LogP contribution is 2.46. The summed E-state index contributed by atoms with van der Waals surface area (Å²) < 4.78 is 46.6. The van der Waals surface area contributed by atoms with E-state index in [2.05, 4.69) is 33.7 Å². The lowest BCUT2D eigenvalue weighted by Gasteiger charge is -2.22. The van der Waals surface area contributed by atoms with Gasteiger partial charge in [-0.3, -0.25) is 0 Å². The SMILES string of the molecule is [C-]#[N+]c1cccc(-c2ccc3c(c2)c2cc(-c4cccc(C#N)c4)ccc2n3-c2c(-c3cccc(C)c3)cc(-c3nc(-c4ccccc4)nc(-c4ccccc4)n3)cc2-c2cccc(C(F)(F)F)c2)c1. The summed E-state index contributed by atoms with van der Waals surface area (Å²) in [6, 6.07) is 66.2. The third-order valence-electron chi connectivity index (χ3n) is 12.5. The van der Waals surface area contributed by atoms with Crippen LogP contribution in [0.15, 0.2) is 206 Å². The molecule has 70 heavy (non-hydrogen) atoms. The number of halogens is 3. The molecule has 2 heterocycles. The van der Waals surface area contributed by atoms with Gasteiger partial charge in [0, 0.05) is 38.6 Å². The topological polar surface area (TPSA) is 71.8 Å². The number of benzene rings is 9. The Labute approximate surface area is 401 Å². The summed E-state index contributed by atoms with van der Waals surface area (Å²) in [5.74, 6) is 1.24. The summed E-state index contributed by atoms with van der Waals surface area (Å²) in [7, 11) is 0. The molecule has 2 aromatic heterocycles. The van der Waals surface area contributed by atoms with Gasteiger partial charge in [-0.25, -0.2) is 19.8 Å². The summed E-state index contributed by atoms with van der Waals surface area (Å²) in [6.07, 6.45) is -4.62. The molecule has 0 fully saturated rings. The predicted octanol–water partition coefficient (Wildman–Crippen LogP) is 16.4. The van der Waals surface area contributed by atoms with E-state index in [-0.39, 0.29) is 0 Å². The van der Waals surface area contributed by atoms with Crippen LogP contribution in [0.3, 0.4) is 0 Å². The maximum absolute atomic E-state index is 14.8. The van der Waals surface area contributed by atoms with E-state index < -0.39 is 11.7 Å². The van der Waals surface area contributed by atoms with Crippen molar-refractivity contribution in [2.24, 2.45) is 0 Å². The molecular formula is C61H37F3N6. The summed E-state index contributed by atoms with van der Waals surface area (Å²) in [5, 5.41) is 11.6. The molecule has 6 nitrogen and oxygen atoms in total. The first-order valence-corrected chi connectivity index (χ1v) is 22.5. The highest BCUT2D eigenvalue weighted by Gasteiger charge is 2.31. The lowest BCUT2D eigenvalue weighted by atomic mass is 9.91. The molecule has 0 N–H and O–H groups in total. The zero-order valence-corrected chi connectivity index (χ0v) is 37.4. The van der Waals surface area contributed by atoms with Gasteiger partial charge in [0.05, 0.1) is 40.5 Å². The normalized spacial score (nSPS) is 11.4. The monoisotopic (exact) mass is 910 g/mol. The quantitative estimate of drug-likeness (QED) is 0.142. The van der Waals surface area contributed by atoms with E-state index in [1.54, 1.807) is 18.2 Å². The number of hydrogen-bond donors (Lipinski definition) is 0. The Kier molecular flexibility index (Phi) is 10.9. The van der Waals surface area contributed by atoms with Crippen LogP contribution in [0.1, 0.15) is 16.7 Å². The second kappa shape index (κ2) is 17.7. The van der Waals surface area contributed by atoms with Crippen molar-refractivity contribution in [2.75, 3.05) is 0 Å². The van der Waals surface area contributed by atoms with Crippen molar-refractivity contribution in [1.82, 2.24) is 19.5 Å². The van der Waals surface area contributed by atoms with E-state index in [1.807, 2.05) is 159 Å². The maximum atomic E-state index is 14.8. The van der Waals surface area contributed by atoms with Gasteiger partial charge in [-0.05, 0) is 107 Å². The van der Waals surface area contributed by atoms with Crippen molar-refractivity contribution in [1.29, 1.82) is 5.26 Å². The van der Waals surface area contributed by atoms with Gasteiger partial charge in [-0.1, -0.05) is 145 Å². The molecule has 0 saturated carbocycles. The minimum atomic E-state index is -4.62. The Morgan fingerprint density at radius 1 is 0.471 bits per heavy atom. The fourth-order valence-electron chi connectivity index (χ4n) is 9.20. The van der Waals surface area contributed by atoms with E-state index >= 15 is 0 Å². The van der Waals surface area contributed by atoms with Gasteiger partial charge in [-0.15, -0.1) is 0 Å². The summed E-state index contributed by atoms with van der Waals surface area (Å²) >= 11 is 0. The third-order valence-corrected chi connectivity index (χ3v) is 12.5. The average molecular weight is 911 g/mol. The first kappa shape index (κ1) is 43.1. The highest BCUT2D eigenvalue weighted by atomic mass is 19.4. The molecule has 0 saturated heterocycles. The number of alkyl halides is 3. The predicted molar refractivity (Wildman–Crippen MR) is 273 cm³/mol. The number of aryl methyl sites for hydroxylation is 1. The van der Waals surface area contributed by atoms with Crippen LogP contribution in [-0.4, -0.2) is 19.5 Å². The van der Waals surface area contributed by atoms with Crippen molar-refractivity contribution in [3.8, 4) is 90.4 Å². The Bertz CT molecular complexity index is 3750. The fourth-order valence-corrected chi connectivity index (χ4v) is 9.20. The molecule has 0 atom stereocenters. The fraction of sp³-hybridized carbons (Fsp3) is 0.0328. The lowest BCUT2D eigenvalue weighted by molar-refractivity contribution is -0.137. The number of fused-ring (bicyclic) bond motifs is 3. The van der Waals surface area contributed by atoms with Crippen LogP contribution in [0, 0.1) is 24.8 Å². The smallest absolute Gasteiger partial charge is 0.308 e. The molecule has 0 aliphatic carbocycles. The molecule has 0 aliphatic heterocycles. The first-order valence-electron chi connectivity index (χ1n) is 22.5. The molecule has 11 rings (SSSR count). The van der Waals surface area contributed by atoms with E-state index in [4.69, 9.17) is 21.5 Å². The van der Waals surface area contributed by atoms with Gasteiger partial charge < -0.3 is 4.57 Å². The number of rotatable bonds is 8. The van der Waals surface area contributed by atoms with Crippen LogP contribution in [0.5, 0.6) is 0 Å². The van der Waals surface area contributed by atoms with Crippen molar-refractivity contribution >= 4 is 27.5 Å². The molecule has 0 bridgehead atoms. The average Bonchev–Trinajstić information content (AvgIpc) is 3.73. The molecule has 0 amide bonds. The highest BCUT2D eigenvalue weighted by molar-refractivity contribution is 6.13. The van der Waals surface area contributed by atoms with Crippen molar-refractivity contribution in [2.45, 2.75) is 13.1 Å². The summed E-state index contributed by atoms with van der Waals surface area (Å²) in [5.41, 5.74) is 11.6. The minimum absolute atomic E-state index is 0.341. The van der Waals surface area contributed by atoms with E-state index in [9.17, 15) is 18.4 Å². The lowest BCUT2D eigenvalue weighted by Crippen LogP contribution is -2.06. The summed E-state index contributed by atoms with van der Waals surface area (Å²) in [6.45, 7) is 9.73. The molecule has 0 spiro atoms. The first-order chi connectivity index (χ1) is 34.1. The number of nitriles is 1. The molecule has 11 aromatic rings. The Morgan fingerprint density at radius 2 is 0.957 bits per heavy atom. The number of nitrogens with zero attached hydrogens (tertiary/aromatic N) is 6. The van der Waals surface area contributed by atoms with Gasteiger partial charge in [0.15, 0.2) is 23.2 Å². The molecule has 9 aromatic carbocycles. The molecular weight excluding hydrogens is 874 g/mol. The zero-order chi connectivity index (χ0) is 47.9. The second-order valence-corrected chi connectivity index (χ2v) is 17.1. The van der Waals surface area contributed by atoms with Crippen LogP contribution in [0.2, 0.25) is 0 Å². The van der Waals surface area contributed by atoms with Crippen LogP contribution >= 0.6 is 0 Å². The molecule has 0 unspecified atom stereocenters. The minimum Gasteiger partial charge on any atom is -0.308 e. The Balaban J connectivity index is 1.27. The van der Waals surface area contributed by atoms with Gasteiger partial charge >= 0.3 is 6.18 Å². The van der Waals surface area contributed by atoms with Crippen molar-refractivity contribution < 1.29 is 13.2 Å². The molecule has 0 radical (unpaired) electrons. The second-order valence-electron chi connectivity index (χ2n) is 17.1. The van der Waals surface area contributed by atoms with Gasteiger partial charge in [0.2, 0.25) is 0 Å². The van der Waals surface area contributed by atoms with Crippen LogP contribution in [-0.2, 0) is 6.18 Å². The summed E-state index contributed by atoms with van der Waals surface area (Å²) in [4.78, 5) is 18.8. The van der Waals surface area contributed by atoms with Gasteiger partial charge in [0.1, 0.15) is 0 Å². The largest absolute Gasteiger partial charge is 0.416 e. The van der Waals surface area contributed by atoms with Gasteiger partial charge in [-0.2, -0.15) is 18.4 Å². The number of aromatic nitrogens is 4. The third kappa shape index (κ3) is 8.12.